The van der Waals surface area contributed by atoms with Crippen LogP contribution in [-0.4, -0.2) is 33.4 Å². The number of hydrogen-bond acceptors (Lipinski definition) is 7. The molecule has 1 atom stereocenters. The fourth-order valence-corrected chi connectivity index (χ4v) is 3.05. The maximum atomic E-state index is 10.0. The molecule has 3 rings (SSSR count). The molecule has 0 spiro atoms. The second-order valence-corrected chi connectivity index (χ2v) is 6.87. The highest BCUT2D eigenvalue weighted by atomic mass is 16.5. The van der Waals surface area contributed by atoms with Crippen molar-refractivity contribution in [1.29, 1.82) is 0 Å². The molecule has 25 heavy (non-hydrogen) atoms. The van der Waals surface area contributed by atoms with E-state index in [2.05, 4.69) is 20.4 Å². The Kier molecular flexibility index (Phi) is 5.65. The van der Waals surface area contributed by atoms with Gasteiger partial charge in [-0.05, 0) is 37.8 Å². The Morgan fingerprint density at radius 3 is 2.68 bits per heavy atom. The summed E-state index contributed by atoms with van der Waals surface area (Å²) < 4.78 is 11.0. The third kappa shape index (κ3) is 4.35. The summed E-state index contributed by atoms with van der Waals surface area (Å²) in [6.45, 7) is 7.91. The lowest BCUT2D eigenvalue weighted by atomic mass is 9.91. The van der Waals surface area contributed by atoms with E-state index in [0.717, 1.165) is 31.7 Å². The van der Waals surface area contributed by atoms with Gasteiger partial charge in [0.15, 0.2) is 5.82 Å². The lowest BCUT2D eigenvalue weighted by Crippen LogP contribution is -2.32. The van der Waals surface area contributed by atoms with Crippen LogP contribution in [0.5, 0.6) is 5.75 Å². The Morgan fingerprint density at radius 1 is 1.24 bits per heavy atom. The van der Waals surface area contributed by atoms with Crippen LogP contribution in [0.25, 0.3) is 0 Å². The van der Waals surface area contributed by atoms with E-state index in [4.69, 9.17) is 9.26 Å². The molecule has 3 heterocycles. The summed E-state index contributed by atoms with van der Waals surface area (Å²) in [6, 6.07) is 3.39. The van der Waals surface area contributed by atoms with E-state index < -0.39 is 0 Å². The van der Waals surface area contributed by atoms with E-state index >= 15 is 0 Å². The quantitative estimate of drug-likeness (QED) is 0.830. The molecule has 7 heteroatoms. The summed E-state index contributed by atoms with van der Waals surface area (Å²) in [4.78, 5) is 8.99. The van der Waals surface area contributed by atoms with Crippen molar-refractivity contribution >= 4 is 0 Å². The van der Waals surface area contributed by atoms with Crippen LogP contribution in [0.4, 0.5) is 0 Å². The molecule has 2 aromatic rings. The van der Waals surface area contributed by atoms with Crippen LogP contribution < -0.4 is 5.32 Å². The summed E-state index contributed by atoms with van der Waals surface area (Å²) in [5.41, 5.74) is 1.50. The number of aromatic nitrogens is 3. The summed E-state index contributed by atoms with van der Waals surface area (Å²) in [5, 5.41) is 17.6. The highest BCUT2D eigenvalue weighted by molar-refractivity contribution is 5.27. The average Bonchev–Trinajstić information content (AvgIpc) is 3.09. The zero-order chi connectivity index (χ0) is 17.8. The lowest BCUT2D eigenvalue weighted by molar-refractivity contribution is 0.0484. The maximum absolute atomic E-state index is 10.0. The van der Waals surface area contributed by atoms with Gasteiger partial charge in [-0.2, -0.15) is 4.98 Å². The monoisotopic (exact) mass is 346 g/mol. The predicted octanol–water partition coefficient (Wildman–Crippen LogP) is 2.86. The fraction of sp³-hybridized carbons (Fsp3) is 0.611. The Morgan fingerprint density at radius 2 is 2.00 bits per heavy atom. The van der Waals surface area contributed by atoms with Crippen molar-refractivity contribution in [2.24, 2.45) is 5.92 Å². The summed E-state index contributed by atoms with van der Waals surface area (Å²) >= 11 is 0. The Balaban J connectivity index is 1.79. The van der Waals surface area contributed by atoms with Crippen molar-refractivity contribution < 1.29 is 14.4 Å². The third-order valence-corrected chi connectivity index (χ3v) is 4.56. The highest BCUT2D eigenvalue weighted by Crippen LogP contribution is 2.30. The molecule has 0 aromatic carbocycles. The van der Waals surface area contributed by atoms with Crippen LogP contribution in [0.3, 0.4) is 0 Å². The maximum Gasteiger partial charge on any atom is 0.244 e. The van der Waals surface area contributed by atoms with Gasteiger partial charge in [0.1, 0.15) is 5.75 Å². The first kappa shape index (κ1) is 17.8. The minimum atomic E-state index is -0.0781. The molecule has 0 amide bonds. The van der Waals surface area contributed by atoms with Gasteiger partial charge < -0.3 is 14.4 Å². The molecule has 1 fully saturated rings. The number of pyridine rings is 1. The Hall–Kier alpha value is -1.99. The van der Waals surface area contributed by atoms with Crippen LogP contribution in [0.2, 0.25) is 0 Å². The van der Waals surface area contributed by atoms with Crippen molar-refractivity contribution in [1.82, 2.24) is 20.4 Å². The Labute approximate surface area is 147 Å². The number of aromatic hydroxyl groups is 1. The second-order valence-electron chi connectivity index (χ2n) is 6.87. The van der Waals surface area contributed by atoms with Crippen molar-refractivity contribution in [3.8, 4) is 5.75 Å². The van der Waals surface area contributed by atoms with Crippen molar-refractivity contribution in [3.63, 3.8) is 0 Å². The third-order valence-electron chi connectivity index (χ3n) is 4.56. The van der Waals surface area contributed by atoms with Crippen LogP contribution in [0.1, 0.15) is 61.8 Å². The normalized spacial score (nSPS) is 17.1. The van der Waals surface area contributed by atoms with Crippen LogP contribution in [0.15, 0.2) is 16.7 Å². The van der Waals surface area contributed by atoms with Gasteiger partial charge in [0.2, 0.25) is 5.89 Å². The summed E-state index contributed by atoms with van der Waals surface area (Å²) in [6.07, 6.45) is 1.87. The van der Waals surface area contributed by atoms with E-state index in [9.17, 15) is 5.11 Å². The van der Waals surface area contributed by atoms with Crippen molar-refractivity contribution in [2.45, 2.75) is 52.1 Å². The molecular weight excluding hydrogens is 320 g/mol. The molecule has 0 saturated carbocycles. The van der Waals surface area contributed by atoms with Gasteiger partial charge in [-0.3, -0.25) is 10.3 Å². The van der Waals surface area contributed by atoms with Gasteiger partial charge in [0.25, 0.3) is 0 Å². The number of nitrogens with one attached hydrogen (secondary N) is 1. The zero-order valence-electron chi connectivity index (χ0n) is 15.0. The van der Waals surface area contributed by atoms with Crippen LogP contribution >= 0.6 is 0 Å². The second kappa shape index (κ2) is 7.93. The van der Waals surface area contributed by atoms with Crippen LogP contribution in [-0.2, 0) is 11.3 Å². The lowest BCUT2D eigenvalue weighted by Gasteiger charge is -2.28. The molecule has 2 aromatic heterocycles. The topological polar surface area (TPSA) is 93.3 Å². The van der Waals surface area contributed by atoms with Gasteiger partial charge in [-0.1, -0.05) is 19.0 Å². The molecule has 0 bridgehead atoms. The number of hydrogen-bond donors (Lipinski definition) is 2. The molecular formula is C18H26N4O3. The van der Waals surface area contributed by atoms with E-state index in [1.807, 2.05) is 20.8 Å². The molecule has 1 aliphatic heterocycles. The highest BCUT2D eigenvalue weighted by Gasteiger charge is 2.30. The number of rotatable bonds is 6. The van der Waals surface area contributed by atoms with Gasteiger partial charge >= 0.3 is 0 Å². The predicted molar refractivity (Wildman–Crippen MR) is 92.1 cm³/mol. The Bertz CT molecular complexity index is 695. The van der Waals surface area contributed by atoms with Crippen LogP contribution in [0, 0.1) is 12.8 Å². The first-order valence-electron chi connectivity index (χ1n) is 8.84. The average molecular weight is 346 g/mol. The SMILES string of the molecule is Cc1ccc(O)c(CN[C@@H](c2nc(C(C)C)no2)C2CCOCC2)n1. The first-order chi connectivity index (χ1) is 12.0. The molecule has 2 N–H and O–H groups in total. The molecule has 7 nitrogen and oxygen atoms in total. The molecule has 0 aliphatic carbocycles. The van der Waals surface area contributed by atoms with E-state index in [-0.39, 0.29) is 17.7 Å². The summed E-state index contributed by atoms with van der Waals surface area (Å²) in [7, 11) is 0. The fourth-order valence-electron chi connectivity index (χ4n) is 3.05. The molecule has 0 unspecified atom stereocenters. The molecule has 1 saturated heterocycles. The van der Waals surface area contributed by atoms with Gasteiger partial charge in [-0.25, -0.2) is 0 Å². The minimum absolute atomic E-state index is 0.0781. The first-order valence-corrected chi connectivity index (χ1v) is 8.84. The summed E-state index contributed by atoms with van der Waals surface area (Å²) in [5.74, 6) is 2.07. The van der Waals surface area contributed by atoms with Crippen molar-refractivity contribution in [3.05, 3.63) is 35.2 Å². The number of nitrogens with zero attached hydrogens (tertiary/aromatic N) is 3. The van der Waals surface area contributed by atoms with E-state index in [0.29, 0.717) is 29.9 Å². The zero-order valence-corrected chi connectivity index (χ0v) is 15.0. The van der Waals surface area contributed by atoms with Crippen molar-refractivity contribution in [2.75, 3.05) is 13.2 Å². The molecule has 0 radical (unpaired) electrons. The van der Waals surface area contributed by atoms with Gasteiger partial charge in [-0.15, -0.1) is 0 Å². The van der Waals surface area contributed by atoms with Gasteiger partial charge in [0, 0.05) is 31.4 Å². The number of aryl methyl sites for hydroxylation is 1. The molecule has 136 valence electrons. The molecule has 1 aliphatic rings. The smallest absolute Gasteiger partial charge is 0.244 e. The largest absolute Gasteiger partial charge is 0.506 e. The minimum Gasteiger partial charge on any atom is -0.506 e. The standard InChI is InChI=1S/C18H26N4O3/c1-11(2)17-21-18(25-22-17)16(13-6-8-24-9-7-13)19-10-14-15(23)5-4-12(3)20-14/h4-5,11,13,16,19,23H,6-10H2,1-3H3/t16-/m1/s1. The van der Waals surface area contributed by atoms with E-state index in [1.165, 1.54) is 0 Å². The number of ether oxygens (including phenoxy) is 1. The van der Waals surface area contributed by atoms with E-state index in [1.54, 1.807) is 12.1 Å². The van der Waals surface area contributed by atoms with Gasteiger partial charge in [0.05, 0.1) is 11.7 Å².